The Morgan fingerprint density at radius 3 is 2.64 bits per heavy atom. The van der Waals surface area contributed by atoms with Crippen molar-refractivity contribution in [3.05, 3.63) is 71.1 Å². The molecule has 0 fully saturated rings. The van der Waals surface area contributed by atoms with Crippen LogP contribution in [-0.4, -0.2) is 32.1 Å². The van der Waals surface area contributed by atoms with Crippen LogP contribution in [0.1, 0.15) is 17.1 Å². The van der Waals surface area contributed by atoms with Crippen LogP contribution in [-0.2, 0) is 24.3 Å². The molecule has 8 heteroatoms. The van der Waals surface area contributed by atoms with Gasteiger partial charge in [0, 0.05) is 23.7 Å². The first kappa shape index (κ1) is 18.2. The average Bonchev–Trinajstić information content (AvgIpc) is 3.08. The highest BCUT2D eigenvalue weighted by Crippen LogP contribution is 2.29. The second-order valence-electron chi connectivity index (χ2n) is 6.71. The van der Waals surface area contributed by atoms with Gasteiger partial charge in [-0.1, -0.05) is 0 Å². The maximum atomic E-state index is 14.2. The predicted molar refractivity (Wildman–Crippen MR) is 95.6 cm³/mol. The van der Waals surface area contributed by atoms with Gasteiger partial charge in [-0.2, -0.15) is 5.10 Å². The van der Waals surface area contributed by atoms with Crippen molar-refractivity contribution in [2.24, 2.45) is 0 Å². The first-order chi connectivity index (χ1) is 13.4. The fraction of sp³-hybridized carbons (Fsp3) is 0.250. The molecular formula is C20H17F3N4O. The molecule has 144 valence electrons. The lowest BCUT2D eigenvalue weighted by Crippen LogP contribution is -2.39. The summed E-state index contributed by atoms with van der Waals surface area (Å²) >= 11 is 0. The molecule has 1 amide bonds. The van der Waals surface area contributed by atoms with E-state index in [2.05, 4.69) is 10.1 Å². The maximum absolute atomic E-state index is 14.2. The van der Waals surface area contributed by atoms with Crippen LogP contribution >= 0.6 is 0 Å². The van der Waals surface area contributed by atoms with E-state index < -0.39 is 17.5 Å². The third kappa shape index (κ3) is 3.37. The Hall–Kier alpha value is -3.16. The molecule has 28 heavy (non-hydrogen) atoms. The van der Waals surface area contributed by atoms with Crippen molar-refractivity contribution < 1.29 is 18.0 Å². The molecule has 3 aromatic rings. The fourth-order valence-corrected chi connectivity index (χ4v) is 3.35. The van der Waals surface area contributed by atoms with Crippen LogP contribution in [0, 0.1) is 24.4 Å². The SMILES string of the molecule is Cc1nc(CC(=O)N2CCn3ncc(-c4ccc(F)cc4F)c3C2)ccc1F. The second-order valence-corrected chi connectivity index (χ2v) is 6.71. The van der Waals surface area contributed by atoms with E-state index >= 15 is 0 Å². The monoisotopic (exact) mass is 386 g/mol. The number of carbonyl (C=O) groups is 1. The number of halogens is 3. The van der Waals surface area contributed by atoms with Gasteiger partial charge in [0.05, 0.1) is 42.8 Å². The Kier molecular flexibility index (Phi) is 4.62. The molecule has 1 aromatic carbocycles. The molecule has 0 unspecified atom stereocenters. The summed E-state index contributed by atoms with van der Waals surface area (Å²) in [5, 5.41) is 4.26. The number of carbonyl (C=O) groups excluding carboxylic acids is 1. The van der Waals surface area contributed by atoms with Crippen molar-refractivity contribution in [1.82, 2.24) is 19.7 Å². The van der Waals surface area contributed by atoms with Gasteiger partial charge in [-0.05, 0) is 31.2 Å². The van der Waals surface area contributed by atoms with Crippen LogP contribution in [0.15, 0.2) is 36.5 Å². The lowest BCUT2D eigenvalue weighted by molar-refractivity contribution is -0.132. The van der Waals surface area contributed by atoms with Gasteiger partial charge in [0.25, 0.3) is 0 Å². The zero-order chi connectivity index (χ0) is 19.8. The highest BCUT2D eigenvalue weighted by molar-refractivity contribution is 5.79. The molecule has 1 aliphatic rings. The number of rotatable bonds is 3. The summed E-state index contributed by atoms with van der Waals surface area (Å²) in [6.45, 7) is 2.73. The van der Waals surface area contributed by atoms with Crippen molar-refractivity contribution in [2.45, 2.75) is 26.4 Å². The topological polar surface area (TPSA) is 51.0 Å². The van der Waals surface area contributed by atoms with E-state index in [9.17, 15) is 18.0 Å². The number of nitrogens with zero attached hydrogens (tertiary/aromatic N) is 4. The summed E-state index contributed by atoms with van der Waals surface area (Å²) in [6.07, 6.45) is 1.58. The predicted octanol–water partition coefficient (Wildman–Crippen LogP) is 3.26. The van der Waals surface area contributed by atoms with Crippen molar-refractivity contribution >= 4 is 5.91 Å². The van der Waals surface area contributed by atoms with Crippen LogP contribution in [0.4, 0.5) is 13.2 Å². The van der Waals surface area contributed by atoms with Gasteiger partial charge in [0.2, 0.25) is 5.91 Å². The van der Waals surface area contributed by atoms with Gasteiger partial charge < -0.3 is 4.90 Å². The summed E-state index contributed by atoms with van der Waals surface area (Å²) < 4.78 is 42.5. The molecule has 4 rings (SSSR count). The molecule has 0 bridgehead atoms. The van der Waals surface area contributed by atoms with E-state index in [1.54, 1.807) is 16.5 Å². The number of pyridine rings is 1. The van der Waals surface area contributed by atoms with Crippen molar-refractivity contribution in [1.29, 1.82) is 0 Å². The van der Waals surface area contributed by atoms with E-state index in [0.29, 0.717) is 30.0 Å². The number of hydrogen-bond donors (Lipinski definition) is 0. The van der Waals surface area contributed by atoms with E-state index in [1.807, 2.05) is 0 Å². The van der Waals surface area contributed by atoms with Crippen LogP contribution in [0.5, 0.6) is 0 Å². The summed E-state index contributed by atoms with van der Waals surface area (Å²) in [5.74, 6) is -1.90. The van der Waals surface area contributed by atoms with Gasteiger partial charge in [-0.15, -0.1) is 0 Å². The van der Waals surface area contributed by atoms with Gasteiger partial charge in [-0.3, -0.25) is 14.5 Å². The van der Waals surface area contributed by atoms with Gasteiger partial charge in [-0.25, -0.2) is 13.2 Å². The number of amides is 1. The van der Waals surface area contributed by atoms with Gasteiger partial charge >= 0.3 is 0 Å². The Bertz CT molecular complexity index is 1060. The van der Waals surface area contributed by atoms with Gasteiger partial charge in [0.1, 0.15) is 17.5 Å². The molecule has 0 spiro atoms. The van der Waals surface area contributed by atoms with E-state index in [1.165, 1.54) is 30.5 Å². The van der Waals surface area contributed by atoms with Crippen LogP contribution in [0.25, 0.3) is 11.1 Å². The second kappa shape index (κ2) is 7.10. The van der Waals surface area contributed by atoms with Crippen molar-refractivity contribution in [3.63, 3.8) is 0 Å². The third-order valence-electron chi connectivity index (χ3n) is 4.86. The number of hydrogen-bond acceptors (Lipinski definition) is 3. The summed E-state index contributed by atoms with van der Waals surface area (Å²) in [4.78, 5) is 18.4. The standard InChI is InChI=1S/C20H17F3N4O/c1-12-17(22)5-3-14(25-12)9-20(28)26-6-7-27-19(11-26)16(10-24-27)15-4-2-13(21)8-18(15)23/h2-5,8,10H,6-7,9,11H2,1H3. The first-order valence-electron chi connectivity index (χ1n) is 8.82. The average molecular weight is 386 g/mol. The number of benzene rings is 1. The molecule has 0 radical (unpaired) electrons. The summed E-state index contributed by atoms with van der Waals surface area (Å²) in [7, 11) is 0. The first-order valence-corrected chi connectivity index (χ1v) is 8.82. The quantitative estimate of drug-likeness (QED) is 0.694. The lowest BCUT2D eigenvalue weighted by atomic mass is 10.0. The fourth-order valence-electron chi connectivity index (χ4n) is 3.35. The van der Waals surface area contributed by atoms with Crippen LogP contribution < -0.4 is 0 Å². The molecule has 2 aromatic heterocycles. The maximum Gasteiger partial charge on any atom is 0.229 e. The Morgan fingerprint density at radius 1 is 1.07 bits per heavy atom. The number of aromatic nitrogens is 3. The molecule has 0 saturated heterocycles. The highest BCUT2D eigenvalue weighted by atomic mass is 19.1. The number of fused-ring (bicyclic) bond motifs is 1. The zero-order valence-electron chi connectivity index (χ0n) is 15.1. The minimum absolute atomic E-state index is 0.0511. The molecular weight excluding hydrogens is 369 g/mol. The largest absolute Gasteiger partial charge is 0.335 e. The highest BCUT2D eigenvalue weighted by Gasteiger charge is 2.25. The van der Waals surface area contributed by atoms with E-state index in [0.717, 1.165) is 6.07 Å². The normalized spacial score (nSPS) is 13.5. The molecule has 0 saturated carbocycles. The molecule has 5 nitrogen and oxygen atoms in total. The summed E-state index contributed by atoms with van der Waals surface area (Å²) in [6, 6.07) is 6.18. The summed E-state index contributed by atoms with van der Waals surface area (Å²) in [5.41, 5.74) is 2.20. The Morgan fingerprint density at radius 2 is 1.89 bits per heavy atom. The van der Waals surface area contributed by atoms with Gasteiger partial charge in [0.15, 0.2) is 0 Å². The lowest BCUT2D eigenvalue weighted by Gasteiger charge is -2.28. The molecule has 0 aliphatic carbocycles. The smallest absolute Gasteiger partial charge is 0.229 e. The molecule has 0 N–H and O–H groups in total. The Balaban J connectivity index is 1.56. The number of aryl methyl sites for hydroxylation is 1. The third-order valence-corrected chi connectivity index (χ3v) is 4.86. The van der Waals surface area contributed by atoms with Crippen LogP contribution in [0.3, 0.4) is 0 Å². The minimum atomic E-state index is -0.676. The minimum Gasteiger partial charge on any atom is -0.335 e. The molecule has 3 heterocycles. The zero-order valence-corrected chi connectivity index (χ0v) is 15.1. The van der Waals surface area contributed by atoms with E-state index in [-0.39, 0.29) is 30.1 Å². The molecule has 1 aliphatic heterocycles. The van der Waals surface area contributed by atoms with Crippen molar-refractivity contribution in [3.8, 4) is 11.1 Å². The Labute approximate surface area is 159 Å². The van der Waals surface area contributed by atoms with E-state index in [4.69, 9.17) is 0 Å². The molecule has 0 atom stereocenters. The van der Waals surface area contributed by atoms with Crippen LogP contribution in [0.2, 0.25) is 0 Å². The van der Waals surface area contributed by atoms with Crippen molar-refractivity contribution in [2.75, 3.05) is 6.54 Å².